The van der Waals surface area contributed by atoms with Gasteiger partial charge >= 0.3 is 0 Å². The molecule has 15 heavy (non-hydrogen) atoms. The Labute approximate surface area is 93.9 Å². The normalized spacial score (nSPS) is 19.6. The first-order valence-corrected chi connectivity index (χ1v) is 6.37. The highest BCUT2D eigenvalue weighted by molar-refractivity contribution is 4.69. The lowest BCUT2D eigenvalue weighted by Gasteiger charge is -2.20. The lowest BCUT2D eigenvalue weighted by Crippen LogP contribution is -2.32. The number of rotatable bonds is 8. The van der Waals surface area contributed by atoms with E-state index in [2.05, 4.69) is 17.1 Å². The van der Waals surface area contributed by atoms with E-state index < -0.39 is 0 Å². The van der Waals surface area contributed by atoms with E-state index in [1.807, 2.05) is 0 Å². The summed E-state index contributed by atoms with van der Waals surface area (Å²) in [7, 11) is 0. The number of aliphatic hydroxyl groups excluding tert-OH is 1. The zero-order valence-corrected chi connectivity index (χ0v) is 10.0. The predicted molar refractivity (Wildman–Crippen MR) is 64.0 cm³/mol. The fourth-order valence-electron chi connectivity index (χ4n) is 2.18. The third-order valence-corrected chi connectivity index (χ3v) is 3.02. The fraction of sp³-hybridized carbons (Fsp3) is 1.00. The highest BCUT2D eigenvalue weighted by Gasteiger charge is 2.13. The van der Waals surface area contributed by atoms with Gasteiger partial charge in [0.1, 0.15) is 0 Å². The van der Waals surface area contributed by atoms with Gasteiger partial charge in [-0.05, 0) is 57.8 Å². The first-order valence-electron chi connectivity index (χ1n) is 6.37. The summed E-state index contributed by atoms with van der Waals surface area (Å²) in [4.78, 5) is 2.57. The van der Waals surface area contributed by atoms with Crippen LogP contribution in [0.4, 0.5) is 0 Å². The van der Waals surface area contributed by atoms with Crippen LogP contribution in [0.25, 0.3) is 0 Å². The molecule has 0 aromatic carbocycles. The van der Waals surface area contributed by atoms with E-state index in [1.165, 1.54) is 32.5 Å². The number of aliphatic hydroxyl groups is 1. The lowest BCUT2D eigenvalue weighted by molar-refractivity contribution is 0.274. The number of nitrogens with one attached hydrogen (secondary N) is 1. The van der Waals surface area contributed by atoms with E-state index in [4.69, 9.17) is 5.11 Å². The van der Waals surface area contributed by atoms with Gasteiger partial charge in [-0.3, -0.25) is 0 Å². The number of unbranched alkanes of at least 4 members (excludes halogenated alkanes) is 1. The maximum atomic E-state index is 8.63. The quantitative estimate of drug-likeness (QED) is 0.594. The van der Waals surface area contributed by atoms with Crippen LogP contribution in [0.1, 0.15) is 32.6 Å². The van der Waals surface area contributed by atoms with Crippen molar-refractivity contribution in [1.82, 2.24) is 10.2 Å². The van der Waals surface area contributed by atoms with Gasteiger partial charge in [0.05, 0.1) is 0 Å². The standard InChI is InChI=1S/C12H26N2O/c1-12(10-13-6-2-5-9-15)11-14-7-3-4-8-14/h12-13,15H,2-11H2,1H3. The van der Waals surface area contributed by atoms with Crippen molar-refractivity contribution in [3.63, 3.8) is 0 Å². The van der Waals surface area contributed by atoms with Gasteiger partial charge in [0, 0.05) is 13.2 Å². The first kappa shape index (κ1) is 12.9. The molecule has 90 valence electrons. The molecule has 1 atom stereocenters. The second-order valence-corrected chi connectivity index (χ2v) is 4.75. The molecule has 1 aliphatic rings. The Morgan fingerprint density at radius 2 is 2.00 bits per heavy atom. The summed E-state index contributed by atoms with van der Waals surface area (Å²) in [6.07, 6.45) is 4.79. The summed E-state index contributed by atoms with van der Waals surface area (Å²) in [6, 6.07) is 0. The van der Waals surface area contributed by atoms with Gasteiger partial charge in [-0.1, -0.05) is 6.92 Å². The Bertz CT molecular complexity index is 147. The molecule has 1 rings (SSSR count). The molecule has 2 N–H and O–H groups in total. The molecular weight excluding hydrogens is 188 g/mol. The summed E-state index contributed by atoms with van der Waals surface area (Å²) in [6.45, 7) is 8.64. The zero-order valence-electron chi connectivity index (χ0n) is 10.0. The SMILES string of the molecule is CC(CNCCCCO)CN1CCCC1. The van der Waals surface area contributed by atoms with Gasteiger partial charge in [0.15, 0.2) is 0 Å². The molecule has 3 heteroatoms. The van der Waals surface area contributed by atoms with Crippen molar-refractivity contribution in [2.24, 2.45) is 5.92 Å². The van der Waals surface area contributed by atoms with E-state index in [0.29, 0.717) is 6.61 Å². The molecule has 1 aliphatic heterocycles. The van der Waals surface area contributed by atoms with Crippen LogP contribution in [-0.4, -0.2) is 49.3 Å². The summed E-state index contributed by atoms with van der Waals surface area (Å²) in [5.74, 6) is 0.747. The van der Waals surface area contributed by atoms with Crippen LogP contribution in [-0.2, 0) is 0 Å². The molecular formula is C12H26N2O. The average Bonchev–Trinajstić information content (AvgIpc) is 2.70. The van der Waals surface area contributed by atoms with Crippen molar-refractivity contribution >= 4 is 0 Å². The van der Waals surface area contributed by atoms with Gasteiger partial charge in [-0.15, -0.1) is 0 Å². The Morgan fingerprint density at radius 3 is 2.67 bits per heavy atom. The van der Waals surface area contributed by atoms with E-state index in [0.717, 1.165) is 31.8 Å². The molecule has 1 saturated heterocycles. The monoisotopic (exact) mass is 214 g/mol. The number of hydrogen-bond acceptors (Lipinski definition) is 3. The summed E-state index contributed by atoms with van der Waals surface area (Å²) < 4.78 is 0. The lowest BCUT2D eigenvalue weighted by atomic mass is 10.1. The van der Waals surface area contributed by atoms with Gasteiger partial charge in [0.25, 0.3) is 0 Å². The average molecular weight is 214 g/mol. The number of hydrogen-bond donors (Lipinski definition) is 2. The van der Waals surface area contributed by atoms with Crippen LogP contribution in [0.15, 0.2) is 0 Å². The Morgan fingerprint density at radius 1 is 1.27 bits per heavy atom. The van der Waals surface area contributed by atoms with Crippen molar-refractivity contribution in [1.29, 1.82) is 0 Å². The molecule has 0 amide bonds. The molecule has 0 aliphatic carbocycles. The molecule has 0 aromatic rings. The van der Waals surface area contributed by atoms with Gasteiger partial charge in [-0.25, -0.2) is 0 Å². The minimum Gasteiger partial charge on any atom is -0.396 e. The Balaban J connectivity index is 1.91. The van der Waals surface area contributed by atoms with E-state index in [-0.39, 0.29) is 0 Å². The number of nitrogens with zero attached hydrogens (tertiary/aromatic N) is 1. The molecule has 0 saturated carbocycles. The minimum absolute atomic E-state index is 0.324. The second-order valence-electron chi connectivity index (χ2n) is 4.75. The summed E-state index contributed by atoms with van der Waals surface area (Å²) >= 11 is 0. The Kier molecular flexibility index (Phi) is 6.98. The van der Waals surface area contributed by atoms with Crippen molar-refractivity contribution in [3.05, 3.63) is 0 Å². The van der Waals surface area contributed by atoms with Crippen LogP contribution in [0.3, 0.4) is 0 Å². The third-order valence-electron chi connectivity index (χ3n) is 3.02. The van der Waals surface area contributed by atoms with Crippen LogP contribution in [0.2, 0.25) is 0 Å². The van der Waals surface area contributed by atoms with Crippen LogP contribution >= 0.6 is 0 Å². The molecule has 0 radical (unpaired) electrons. The molecule has 1 unspecified atom stereocenters. The second kappa shape index (κ2) is 8.08. The predicted octanol–water partition coefficient (Wildman–Crippen LogP) is 1.08. The zero-order chi connectivity index (χ0) is 10.9. The molecule has 1 fully saturated rings. The van der Waals surface area contributed by atoms with E-state index >= 15 is 0 Å². The summed E-state index contributed by atoms with van der Waals surface area (Å²) in [5.41, 5.74) is 0. The van der Waals surface area contributed by atoms with E-state index in [9.17, 15) is 0 Å². The highest BCUT2D eigenvalue weighted by atomic mass is 16.2. The van der Waals surface area contributed by atoms with Gasteiger partial charge < -0.3 is 15.3 Å². The topological polar surface area (TPSA) is 35.5 Å². The molecule has 1 heterocycles. The maximum Gasteiger partial charge on any atom is 0.0431 e. The molecule has 0 bridgehead atoms. The van der Waals surface area contributed by atoms with Gasteiger partial charge in [-0.2, -0.15) is 0 Å². The third kappa shape index (κ3) is 6.13. The van der Waals surface area contributed by atoms with Crippen molar-refractivity contribution in [3.8, 4) is 0 Å². The molecule has 3 nitrogen and oxygen atoms in total. The van der Waals surface area contributed by atoms with Crippen LogP contribution < -0.4 is 5.32 Å². The van der Waals surface area contributed by atoms with Crippen LogP contribution in [0.5, 0.6) is 0 Å². The fourth-order valence-corrected chi connectivity index (χ4v) is 2.18. The highest BCUT2D eigenvalue weighted by Crippen LogP contribution is 2.09. The van der Waals surface area contributed by atoms with Crippen LogP contribution in [0, 0.1) is 5.92 Å². The van der Waals surface area contributed by atoms with Crippen molar-refractivity contribution in [2.45, 2.75) is 32.6 Å². The Hall–Kier alpha value is -0.120. The minimum atomic E-state index is 0.324. The van der Waals surface area contributed by atoms with Crippen molar-refractivity contribution < 1.29 is 5.11 Å². The first-order chi connectivity index (χ1) is 7.33. The maximum absolute atomic E-state index is 8.63. The van der Waals surface area contributed by atoms with Gasteiger partial charge in [0.2, 0.25) is 0 Å². The largest absolute Gasteiger partial charge is 0.396 e. The summed E-state index contributed by atoms with van der Waals surface area (Å²) in [5, 5.41) is 12.1. The van der Waals surface area contributed by atoms with E-state index in [1.54, 1.807) is 0 Å². The smallest absolute Gasteiger partial charge is 0.0431 e. The van der Waals surface area contributed by atoms with Crippen molar-refractivity contribution in [2.75, 3.05) is 39.3 Å². The molecule has 0 aromatic heterocycles. The number of likely N-dealkylation sites (tertiary alicyclic amines) is 1. The molecule has 0 spiro atoms.